The van der Waals surface area contributed by atoms with Gasteiger partial charge in [-0.25, -0.2) is 0 Å². The van der Waals surface area contributed by atoms with Crippen LogP contribution in [0, 0.1) is 16.0 Å². The van der Waals surface area contributed by atoms with E-state index in [2.05, 4.69) is 4.90 Å². The third kappa shape index (κ3) is 3.85. The van der Waals surface area contributed by atoms with Crippen LogP contribution in [0.5, 0.6) is 5.75 Å². The van der Waals surface area contributed by atoms with Crippen molar-refractivity contribution in [3.8, 4) is 5.75 Å². The Morgan fingerprint density at radius 2 is 1.75 bits per heavy atom. The molecule has 0 bridgehead atoms. The first kappa shape index (κ1) is 16.3. The van der Waals surface area contributed by atoms with Crippen molar-refractivity contribution in [1.29, 1.82) is 0 Å². The molecule has 126 valence electrons. The summed E-state index contributed by atoms with van der Waals surface area (Å²) in [4.78, 5) is 13.0. The summed E-state index contributed by atoms with van der Waals surface area (Å²) >= 11 is 0. The van der Waals surface area contributed by atoms with Crippen molar-refractivity contribution >= 4 is 11.4 Å². The SMILES string of the molecule is O=[N+]([O-])c1ccccc1N1CCC(CCc2ccc(O)cc2)CC1. The highest BCUT2D eigenvalue weighted by Crippen LogP contribution is 2.32. The van der Waals surface area contributed by atoms with Crippen molar-refractivity contribution in [2.24, 2.45) is 5.92 Å². The average Bonchev–Trinajstić information content (AvgIpc) is 2.62. The van der Waals surface area contributed by atoms with Crippen molar-refractivity contribution in [3.05, 3.63) is 64.2 Å². The summed E-state index contributed by atoms with van der Waals surface area (Å²) in [5.74, 6) is 0.953. The van der Waals surface area contributed by atoms with Gasteiger partial charge < -0.3 is 10.0 Å². The van der Waals surface area contributed by atoms with E-state index >= 15 is 0 Å². The Kier molecular flexibility index (Phi) is 4.99. The minimum atomic E-state index is -0.299. The monoisotopic (exact) mass is 326 g/mol. The lowest BCUT2D eigenvalue weighted by Crippen LogP contribution is -2.34. The maximum Gasteiger partial charge on any atom is 0.292 e. The van der Waals surface area contributed by atoms with Crippen molar-refractivity contribution in [3.63, 3.8) is 0 Å². The van der Waals surface area contributed by atoms with Gasteiger partial charge in [-0.15, -0.1) is 0 Å². The second-order valence-electron chi connectivity index (χ2n) is 6.38. The van der Waals surface area contributed by atoms with E-state index < -0.39 is 0 Å². The highest BCUT2D eigenvalue weighted by molar-refractivity contribution is 5.63. The van der Waals surface area contributed by atoms with Crippen molar-refractivity contribution in [2.45, 2.75) is 25.7 Å². The average molecular weight is 326 g/mol. The standard InChI is InChI=1S/C19H22N2O3/c22-17-9-7-15(8-10-17)5-6-16-11-13-20(14-12-16)18-3-1-2-4-19(18)21(23)24/h1-4,7-10,16,22H,5-6,11-14H2. The molecule has 0 amide bonds. The van der Waals surface area contributed by atoms with E-state index in [0.717, 1.165) is 44.5 Å². The summed E-state index contributed by atoms with van der Waals surface area (Å²) < 4.78 is 0. The number of benzene rings is 2. The molecule has 2 aromatic carbocycles. The van der Waals surface area contributed by atoms with Crippen molar-refractivity contribution in [1.82, 2.24) is 0 Å². The van der Waals surface area contributed by atoms with E-state index in [4.69, 9.17) is 0 Å². The predicted octanol–water partition coefficient (Wildman–Crippen LogP) is 4.15. The van der Waals surface area contributed by atoms with Gasteiger partial charge in [0, 0.05) is 19.2 Å². The summed E-state index contributed by atoms with van der Waals surface area (Å²) in [6.45, 7) is 1.73. The number of nitro groups is 1. The Hall–Kier alpha value is -2.56. The lowest BCUT2D eigenvalue weighted by atomic mass is 9.90. The Morgan fingerprint density at radius 3 is 2.42 bits per heavy atom. The number of nitro benzene ring substituents is 1. The molecule has 0 saturated carbocycles. The Morgan fingerprint density at radius 1 is 1.08 bits per heavy atom. The van der Waals surface area contributed by atoms with Gasteiger partial charge in [-0.1, -0.05) is 24.3 Å². The molecule has 24 heavy (non-hydrogen) atoms. The first-order valence-corrected chi connectivity index (χ1v) is 8.40. The van der Waals surface area contributed by atoms with E-state index in [1.165, 1.54) is 5.56 Å². The first-order chi connectivity index (χ1) is 11.6. The molecule has 3 rings (SSSR count). The molecule has 1 N–H and O–H groups in total. The second kappa shape index (κ2) is 7.34. The lowest BCUT2D eigenvalue weighted by molar-refractivity contribution is -0.384. The minimum Gasteiger partial charge on any atom is -0.508 e. The molecule has 0 unspecified atom stereocenters. The number of nitrogens with zero attached hydrogens (tertiary/aromatic N) is 2. The van der Waals surface area contributed by atoms with Crippen LogP contribution in [0.1, 0.15) is 24.8 Å². The molecular weight excluding hydrogens is 304 g/mol. The Balaban J connectivity index is 1.54. The van der Waals surface area contributed by atoms with E-state index in [9.17, 15) is 15.2 Å². The third-order valence-electron chi connectivity index (χ3n) is 4.81. The van der Waals surface area contributed by atoms with Crippen LogP contribution in [-0.4, -0.2) is 23.1 Å². The van der Waals surface area contributed by atoms with Gasteiger partial charge >= 0.3 is 0 Å². The largest absolute Gasteiger partial charge is 0.508 e. The van der Waals surface area contributed by atoms with Crippen LogP contribution in [0.15, 0.2) is 48.5 Å². The molecule has 0 atom stereocenters. The zero-order valence-corrected chi connectivity index (χ0v) is 13.6. The van der Waals surface area contributed by atoms with Gasteiger partial charge in [0.05, 0.1) is 4.92 Å². The number of phenols is 1. The van der Waals surface area contributed by atoms with Gasteiger partial charge in [-0.05, 0) is 55.4 Å². The molecule has 1 heterocycles. The van der Waals surface area contributed by atoms with Crippen LogP contribution < -0.4 is 4.90 Å². The lowest BCUT2D eigenvalue weighted by Gasteiger charge is -2.33. The van der Waals surface area contributed by atoms with Gasteiger partial charge in [-0.3, -0.25) is 10.1 Å². The third-order valence-corrected chi connectivity index (χ3v) is 4.81. The molecule has 5 heteroatoms. The molecule has 1 aliphatic heterocycles. The van der Waals surface area contributed by atoms with E-state index in [1.54, 1.807) is 24.3 Å². The minimum absolute atomic E-state index is 0.194. The van der Waals surface area contributed by atoms with Crippen LogP contribution in [0.3, 0.4) is 0 Å². The second-order valence-corrected chi connectivity index (χ2v) is 6.38. The number of para-hydroxylation sites is 2. The summed E-state index contributed by atoms with van der Waals surface area (Å²) in [6, 6.07) is 14.4. The summed E-state index contributed by atoms with van der Waals surface area (Å²) in [5.41, 5.74) is 2.17. The zero-order valence-electron chi connectivity index (χ0n) is 13.6. The fourth-order valence-corrected chi connectivity index (χ4v) is 3.38. The number of anilines is 1. The molecule has 0 aliphatic carbocycles. The van der Waals surface area contributed by atoms with Gasteiger partial charge in [0.15, 0.2) is 0 Å². The van der Waals surface area contributed by atoms with Crippen LogP contribution in [0.25, 0.3) is 0 Å². The van der Waals surface area contributed by atoms with Crippen LogP contribution in [-0.2, 0) is 6.42 Å². The molecule has 1 aliphatic rings. The van der Waals surface area contributed by atoms with Crippen LogP contribution >= 0.6 is 0 Å². The molecule has 0 aromatic heterocycles. The van der Waals surface area contributed by atoms with Crippen LogP contribution in [0.2, 0.25) is 0 Å². The maximum absolute atomic E-state index is 11.2. The summed E-state index contributed by atoms with van der Waals surface area (Å²) in [6.07, 6.45) is 4.25. The molecule has 5 nitrogen and oxygen atoms in total. The molecule has 2 aromatic rings. The predicted molar refractivity (Wildman–Crippen MR) is 94.5 cm³/mol. The van der Waals surface area contributed by atoms with E-state index in [0.29, 0.717) is 11.7 Å². The molecule has 0 spiro atoms. The topological polar surface area (TPSA) is 66.6 Å². The smallest absolute Gasteiger partial charge is 0.292 e. The number of rotatable bonds is 5. The number of hydrogen-bond donors (Lipinski definition) is 1. The molecular formula is C19H22N2O3. The number of hydrogen-bond acceptors (Lipinski definition) is 4. The van der Waals surface area contributed by atoms with Crippen molar-refractivity contribution in [2.75, 3.05) is 18.0 Å². The van der Waals surface area contributed by atoms with Gasteiger partial charge in [0.1, 0.15) is 11.4 Å². The fraction of sp³-hybridized carbons (Fsp3) is 0.368. The normalized spacial score (nSPS) is 15.4. The maximum atomic E-state index is 11.2. The molecule has 1 saturated heterocycles. The molecule has 0 radical (unpaired) electrons. The number of piperidine rings is 1. The van der Waals surface area contributed by atoms with Gasteiger partial charge in [-0.2, -0.15) is 0 Å². The van der Waals surface area contributed by atoms with Crippen molar-refractivity contribution < 1.29 is 10.0 Å². The van der Waals surface area contributed by atoms with E-state index in [1.807, 2.05) is 24.3 Å². The van der Waals surface area contributed by atoms with Crippen LogP contribution in [0.4, 0.5) is 11.4 Å². The highest BCUT2D eigenvalue weighted by atomic mass is 16.6. The number of phenolic OH excluding ortho intramolecular Hbond substituents is 1. The summed E-state index contributed by atoms with van der Waals surface area (Å²) in [7, 11) is 0. The zero-order chi connectivity index (χ0) is 16.9. The first-order valence-electron chi connectivity index (χ1n) is 8.40. The fourth-order valence-electron chi connectivity index (χ4n) is 3.38. The van der Waals surface area contributed by atoms with Gasteiger partial charge in [0.25, 0.3) is 5.69 Å². The number of aromatic hydroxyl groups is 1. The Bertz CT molecular complexity index is 692. The van der Waals surface area contributed by atoms with Gasteiger partial charge in [0.2, 0.25) is 0 Å². The molecule has 1 fully saturated rings. The quantitative estimate of drug-likeness (QED) is 0.662. The Labute approximate surface area is 141 Å². The number of aryl methyl sites for hydroxylation is 1. The highest BCUT2D eigenvalue weighted by Gasteiger charge is 2.24. The summed E-state index contributed by atoms with van der Waals surface area (Å²) in [5, 5.41) is 20.5. The van der Waals surface area contributed by atoms with E-state index in [-0.39, 0.29) is 10.6 Å².